The predicted octanol–water partition coefficient (Wildman–Crippen LogP) is 1.11. The van der Waals surface area contributed by atoms with Crippen LogP contribution in [0, 0.1) is 0 Å². The quantitative estimate of drug-likeness (QED) is 0.806. The van der Waals surface area contributed by atoms with E-state index < -0.39 is 0 Å². The molecule has 0 saturated heterocycles. The van der Waals surface area contributed by atoms with Crippen LogP contribution in [0.1, 0.15) is 31.0 Å². The molecule has 1 unspecified atom stereocenters. The van der Waals surface area contributed by atoms with Crippen LogP contribution in [0.4, 0.5) is 0 Å². The van der Waals surface area contributed by atoms with E-state index in [9.17, 15) is 9.90 Å². The Labute approximate surface area is 89.4 Å². The molecule has 3 nitrogen and oxygen atoms in total. The van der Waals surface area contributed by atoms with Crippen molar-refractivity contribution in [2.24, 2.45) is 0 Å². The van der Waals surface area contributed by atoms with Gasteiger partial charge in [0, 0.05) is 18.3 Å². The molecule has 0 fully saturated rings. The zero-order valence-electron chi connectivity index (χ0n) is 9.07. The number of aliphatic hydroxyl groups excluding tert-OH is 1. The third-order valence-corrected chi connectivity index (χ3v) is 3.02. The van der Waals surface area contributed by atoms with Crippen molar-refractivity contribution in [2.75, 3.05) is 0 Å². The molecule has 0 radical (unpaired) electrons. The number of aromatic nitrogens is 1. The fourth-order valence-electron chi connectivity index (χ4n) is 2.19. The van der Waals surface area contributed by atoms with Crippen molar-refractivity contribution in [3.05, 3.63) is 33.7 Å². The topological polar surface area (TPSA) is 42.2 Å². The highest BCUT2D eigenvalue weighted by Crippen LogP contribution is 2.20. The molecule has 1 atom stereocenters. The van der Waals surface area contributed by atoms with Gasteiger partial charge in [0.25, 0.3) is 5.56 Å². The van der Waals surface area contributed by atoms with Crippen LogP contribution in [0.25, 0.3) is 0 Å². The van der Waals surface area contributed by atoms with Crippen molar-refractivity contribution >= 4 is 0 Å². The third-order valence-electron chi connectivity index (χ3n) is 3.02. The van der Waals surface area contributed by atoms with E-state index in [1.54, 1.807) is 13.0 Å². The highest BCUT2D eigenvalue weighted by atomic mass is 16.3. The van der Waals surface area contributed by atoms with Gasteiger partial charge in [-0.05, 0) is 38.2 Å². The Morgan fingerprint density at radius 1 is 1.47 bits per heavy atom. The molecule has 82 valence electrons. The summed E-state index contributed by atoms with van der Waals surface area (Å²) >= 11 is 0. The molecule has 0 amide bonds. The van der Waals surface area contributed by atoms with Crippen LogP contribution in [-0.2, 0) is 19.4 Å². The summed E-state index contributed by atoms with van der Waals surface area (Å²) in [6.45, 7) is 2.40. The predicted molar refractivity (Wildman–Crippen MR) is 59.0 cm³/mol. The van der Waals surface area contributed by atoms with Gasteiger partial charge in [0.05, 0.1) is 6.10 Å². The van der Waals surface area contributed by atoms with E-state index in [-0.39, 0.29) is 11.7 Å². The second-order valence-corrected chi connectivity index (χ2v) is 4.29. The Bertz CT molecular complexity index is 407. The number of aryl methyl sites for hydroxylation is 1. The molecule has 0 aliphatic heterocycles. The van der Waals surface area contributed by atoms with Crippen LogP contribution < -0.4 is 5.56 Å². The van der Waals surface area contributed by atoms with Crippen molar-refractivity contribution in [3.63, 3.8) is 0 Å². The van der Waals surface area contributed by atoms with Gasteiger partial charge >= 0.3 is 0 Å². The number of nitrogens with zero attached hydrogens (tertiary/aromatic N) is 1. The lowest BCUT2D eigenvalue weighted by Gasteiger charge is -2.12. The Morgan fingerprint density at radius 3 is 3.00 bits per heavy atom. The summed E-state index contributed by atoms with van der Waals surface area (Å²) in [5, 5.41) is 9.24. The fraction of sp³-hybridized carbons (Fsp3) is 0.583. The molecular formula is C12H17NO2. The monoisotopic (exact) mass is 207 g/mol. The minimum Gasteiger partial charge on any atom is -0.393 e. The molecular weight excluding hydrogens is 190 g/mol. The van der Waals surface area contributed by atoms with Crippen LogP contribution in [0.3, 0.4) is 0 Å². The molecule has 1 aromatic rings. The van der Waals surface area contributed by atoms with Crippen LogP contribution in [0.15, 0.2) is 16.9 Å². The molecule has 3 heteroatoms. The number of hydrogen-bond donors (Lipinski definition) is 1. The van der Waals surface area contributed by atoms with Gasteiger partial charge < -0.3 is 9.67 Å². The Morgan fingerprint density at radius 2 is 2.27 bits per heavy atom. The number of fused-ring (bicyclic) bond motifs is 1. The van der Waals surface area contributed by atoms with Gasteiger partial charge in [-0.15, -0.1) is 0 Å². The first-order valence-electron chi connectivity index (χ1n) is 5.58. The minimum atomic E-state index is -0.339. The molecule has 0 saturated carbocycles. The van der Waals surface area contributed by atoms with Gasteiger partial charge in [-0.25, -0.2) is 0 Å². The van der Waals surface area contributed by atoms with Crippen molar-refractivity contribution < 1.29 is 5.11 Å². The molecule has 0 bridgehead atoms. The normalized spacial score (nSPS) is 16.4. The number of rotatable bonds is 3. The largest absolute Gasteiger partial charge is 0.393 e. The molecule has 0 aromatic carbocycles. The molecule has 1 aliphatic rings. The summed E-state index contributed by atoms with van der Waals surface area (Å²) in [5.41, 5.74) is 2.56. The second-order valence-electron chi connectivity index (χ2n) is 4.29. The Hall–Kier alpha value is -1.09. The first-order chi connectivity index (χ1) is 7.18. The van der Waals surface area contributed by atoms with Gasteiger partial charge in [-0.3, -0.25) is 4.79 Å². The van der Waals surface area contributed by atoms with Crippen molar-refractivity contribution in [2.45, 2.75) is 45.3 Å². The number of aliphatic hydroxyl groups is 1. The summed E-state index contributed by atoms with van der Waals surface area (Å²) in [5.74, 6) is 0. The lowest BCUT2D eigenvalue weighted by molar-refractivity contribution is 0.177. The highest BCUT2D eigenvalue weighted by Gasteiger charge is 2.15. The second kappa shape index (κ2) is 4.19. The maximum Gasteiger partial charge on any atom is 0.250 e. The Balaban J connectivity index is 2.29. The summed E-state index contributed by atoms with van der Waals surface area (Å²) in [7, 11) is 0. The van der Waals surface area contributed by atoms with E-state index in [1.807, 2.05) is 10.6 Å². The number of pyridine rings is 1. The standard InChI is InChI=1S/C12H17NO2/c1-9(14)7-8-13-11-4-2-3-10(11)5-6-12(13)15/h5-6,9,14H,2-4,7-8H2,1H3. The van der Waals surface area contributed by atoms with Crippen LogP contribution in [-0.4, -0.2) is 15.8 Å². The zero-order chi connectivity index (χ0) is 10.8. The maximum atomic E-state index is 11.7. The fourth-order valence-corrected chi connectivity index (χ4v) is 2.19. The third kappa shape index (κ3) is 2.12. The lowest BCUT2D eigenvalue weighted by atomic mass is 10.2. The van der Waals surface area contributed by atoms with Crippen molar-refractivity contribution in [3.8, 4) is 0 Å². The van der Waals surface area contributed by atoms with E-state index >= 15 is 0 Å². The zero-order valence-corrected chi connectivity index (χ0v) is 9.07. The smallest absolute Gasteiger partial charge is 0.250 e. The SMILES string of the molecule is CC(O)CCn1c2c(ccc1=O)CCC2. The molecule has 1 heterocycles. The van der Waals surface area contributed by atoms with Gasteiger partial charge in [0.2, 0.25) is 0 Å². The summed E-state index contributed by atoms with van der Waals surface area (Å²) < 4.78 is 1.83. The summed E-state index contributed by atoms with van der Waals surface area (Å²) in [6.07, 6.45) is 3.55. The van der Waals surface area contributed by atoms with Crippen molar-refractivity contribution in [1.29, 1.82) is 0 Å². The molecule has 0 spiro atoms. The molecule has 1 N–H and O–H groups in total. The number of hydrogen-bond acceptors (Lipinski definition) is 2. The van der Waals surface area contributed by atoms with E-state index in [0.29, 0.717) is 13.0 Å². The van der Waals surface area contributed by atoms with Gasteiger partial charge in [0.15, 0.2) is 0 Å². The average molecular weight is 207 g/mol. The average Bonchev–Trinajstić information content (AvgIpc) is 2.63. The molecule has 2 rings (SSSR count). The van der Waals surface area contributed by atoms with Crippen molar-refractivity contribution in [1.82, 2.24) is 4.57 Å². The molecule has 1 aromatic heterocycles. The first-order valence-corrected chi connectivity index (χ1v) is 5.58. The summed E-state index contributed by atoms with van der Waals surface area (Å²) in [4.78, 5) is 11.7. The van der Waals surface area contributed by atoms with E-state index in [2.05, 4.69) is 0 Å². The van der Waals surface area contributed by atoms with Crippen LogP contribution >= 0.6 is 0 Å². The van der Waals surface area contributed by atoms with Gasteiger partial charge in [-0.2, -0.15) is 0 Å². The van der Waals surface area contributed by atoms with Crippen LogP contribution in [0.2, 0.25) is 0 Å². The molecule has 1 aliphatic carbocycles. The summed E-state index contributed by atoms with van der Waals surface area (Å²) in [6, 6.07) is 3.59. The van der Waals surface area contributed by atoms with Gasteiger partial charge in [-0.1, -0.05) is 6.07 Å². The minimum absolute atomic E-state index is 0.0660. The van der Waals surface area contributed by atoms with E-state index in [1.165, 1.54) is 11.3 Å². The Kier molecular flexibility index (Phi) is 2.91. The van der Waals surface area contributed by atoms with Gasteiger partial charge in [0.1, 0.15) is 0 Å². The van der Waals surface area contributed by atoms with Crippen LogP contribution in [0.5, 0.6) is 0 Å². The van der Waals surface area contributed by atoms with E-state index in [0.717, 1.165) is 19.3 Å². The maximum absolute atomic E-state index is 11.7. The molecule has 15 heavy (non-hydrogen) atoms. The lowest BCUT2D eigenvalue weighted by Crippen LogP contribution is -2.24. The van der Waals surface area contributed by atoms with E-state index in [4.69, 9.17) is 0 Å². The highest BCUT2D eigenvalue weighted by molar-refractivity contribution is 5.25. The first kappa shape index (κ1) is 10.4.